The molecule has 0 aromatic heterocycles. The summed E-state index contributed by atoms with van der Waals surface area (Å²) in [5, 5.41) is 14.6. The summed E-state index contributed by atoms with van der Waals surface area (Å²) in [4.78, 5) is 22.2. The Morgan fingerprint density at radius 3 is 2.83 bits per heavy atom. The Bertz CT molecular complexity index is 853. The van der Waals surface area contributed by atoms with Crippen LogP contribution in [-0.4, -0.2) is 23.8 Å². The second-order valence-electron chi connectivity index (χ2n) is 4.74. The van der Waals surface area contributed by atoms with E-state index >= 15 is 0 Å². The van der Waals surface area contributed by atoms with Gasteiger partial charge in [0.25, 0.3) is 11.6 Å². The molecule has 1 N–H and O–H groups in total. The number of carbonyl (C=O) groups is 1. The maximum absolute atomic E-state index is 12.0. The van der Waals surface area contributed by atoms with Gasteiger partial charge in [-0.25, -0.2) is 5.43 Å². The quantitative estimate of drug-likeness (QED) is 0.520. The monoisotopic (exact) mass is 347 g/mol. The number of amides is 1. The fourth-order valence-electron chi connectivity index (χ4n) is 2.02. The lowest BCUT2D eigenvalue weighted by atomic mass is 10.2. The maximum atomic E-state index is 12.0. The van der Waals surface area contributed by atoms with Gasteiger partial charge in [-0.3, -0.25) is 14.9 Å². The van der Waals surface area contributed by atoms with Crippen LogP contribution in [0.3, 0.4) is 0 Å². The summed E-state index contributed by atoms with van der Waals surface area (Å²) >= 11 is 5.72. The minimum Gasteiger partial charge on any atom is -0.454 e. The van der Waals surface area contributed by atoms with Gasteiger partial charge in [-0.1, -0.05) is 17.7 Å². The molecule has 0 fully saturated rings. The van der Waals surface area contributed by atoms with Crippen LogP contribution in [0.15, 0.2) is 41.5 Å². The van der Waals surface area contributed by atoms with E-state index in [1.807, 2.05) is 0 Å². The first kappa shape index (κ1) is 15.8. The summed E-state index contributed by atoms with van der Waals surface area (Å²) in [5.74, 6) is 0.608. The van der Waals surface area contributed by atoms with Crippen LogP contribution in [0.2, 0.25) is 5.02 Å². The minimum absolute atomic E-state index is 0.0292. The molecule has 0 saturated carbocycles. The van der Waals surface area contributed by atoms with Gasteiger partial charge in [-0.05, 0) is 24.3 Å². The van der Waals surface area contributed by atoms with Crippen molar-refractivity contribution in [3.8, 4) is 11.5 Å². The molecule has 24 heavy (non-hydrogen) atoms. The first-order valence-electron chi connectivity index (χ1n) is 6.71. The number of hydrogen-bond donors (Lipinski definition) is 1. The third-order valence-corrected chi connectivity index (χ3v) is 3.50. The number of benzene rings is 2. The molecule has 1 heterocycles. The molecule has 2 aromatic carbocycles. The molecule has 8 nitrogen and oxygen atoms in total. The van der Waals surface area contributed by atoms with Gasteiger partial charge in [0.1, 0.15) is 5.02 Å². The number of rotatable bonds is 4. The number of nitrogens with zero attached hydrogens (tertiary/aromatic N) is 2. The summed E-state index contributed by atoms with van der Waals surface area (Å²) < 4.78 is 10.4. The van der Waals surface area contributed by atoms with Crippen molar-refractivity contribution in [2.24, 2.45) is 5.10 Å². The summed E-state index contributed by atoms with van der Waals surface area (Å²) in [6.07, 6.45) is 1.29. The van der Waals surface area contributed by atoms with Gasteiger partial charge in [-0.15, -0.1) is 0 Å². The van der Waals surface area contributed by atoms with Crippen molar-refractivity contribution in [3.63, 3.8) is 0 Å². The molecule has 1 amide bonds. The van der Waals surface area contributed by atoms with Crippen LogP contribution in [0.5, 0.6) is 11.5 Å². The Morgan fingerprint density at radius 1 is 1.25 bits per heavy atom. The smallest absolute Gasteiger partial charge is 0.288 e. The molecule has 3 rings (SSSR count). The van der Waals surface area contributed by atoms with Crippen molar-refractivity contribution in [2.75, 3.05) is 6.79 Å². The predicted octanol–water partition coefficient (Wildman–Crippen LogP) is 2.74. The van der Waals surface area contributed by atoms with E-state index < -0.39 is 10.8 Å². The van der Waals surface area contributed by atoms with Crippen molar-refractivity contribution >= 4 is 29.4 Å². The molecule has 0 bridgehead atoms. The first-order chi connectivity index (χ1) is 11.5. The van der Waals surface area contributed by atoms with Crippen LogP contribution < -0.4 is 14.9 Å². The van der Waals surface area contributed by atoms with E-state index in [4.69, 9.17) is 21.1 Å². The second-order valence-corrected chi connectivity index (χ2v) is 5.14. The number of hydrogen-bond acceptors (Lipinski definition) is 6. The number of nitro groups is 1. The van der Waals surface area contributed by atoms with Crippen molar-refractivity contribution in [1.29, 1.82) is 0 Å². The zero-order valence-corrected chi connectivity index (χ0v) is 12.8. The van der Waals surface area contributed by atoms with Crippen molar-refractivity contribution < 1.29 is 19.2 Å². The maximum Gasteiger partial charge on any atom is 0.288 e. The van der Waals surface area contributed by atoms with Crippen LogP contribution in [0, 0.1) is 10.1 Å². The van der Waals surface area contributed by atoms with Gasteiger partial charge < -0.3 is 9.47 Å². The minimum atomic E-state index is -0.592. The van der Waals surface area contributed by atoms with Gasteiger partial charge in [0.2, 0.25) is 6.79 Å². The van der Waals surface area contributed by atoms with Crippen LogP contribution in [0.25, 0.3) is 0 Å². The molecule has 2 aromatic rings. The van der Waals surface area contributed by atoms with E-state index in [-0.39, 0.29) is 17.5 Å². The van der Waals surface area contributed by atoms with Crippen LogP contribution in [-0.2, 0) is 0 Å². The molecule has 9 heteroatoms. The molecule has 0 atom stereocenters. The SMILES string of the molecule is O=C(N/N=C/c1ccc(Cl)c([N+](=O)[O-])c1)c1ccc2c(c1)OCO2. The summed E-state index contributed by atoms with van der Waals surface area (Å²) in [7, 11) is 0. The van der Waals surface area contributed by atoms with Crippen LogP contribution >= 0.6 is 11.6 Å². The van der Waals surface area contributed by atoms with E-state index in [0.29, 0.717) is 22.6 Å². The average Bonchev–Trinajstić information content (AvgIpc) is 3.03. The molecule has 0 unspecified atom stereocenters. The Morgan fingerprint density at radius 2 is 2.04 bits per heavy atom. The van der Waals surface area contributed by atoms with Crippen molar-refractivity contribution in [2.45, 2.75) is 0 Å². The first-order valence-corrected chi connectivity index (χ1v) is 7.09. The topological polar surface area (TPSA) is 103 Å². The number of carbonyl (C=O) groups excluding carboxylic acids is 1. The van der Waals surface area contributed by atoms with Gasteiger partial charge in [0.05, 0.1) is 11.1 Å². The lowest BCUT2D eigenvalue weighted by Crippen LogP contribution is -2.17. The fourth-order valence-corrected chi connectivity index (χ4v) is 2.20. The summed E-state index contributed by atoms with van der Waals surface area (Å²) in [5.41, 5.74) is 2.87. The molecule has 0 spiro atoms. The second kappa shape index (κ2) is 6.55. The van der Waals surface area contributed by atoms with E-state index in [1.54, 1.807) is 24.3 Å². The number of nitro benzene ring substituents is 1. The molecule has 122 valence electrons. The highest BCUT2D eigenvalue weighted by molar-refractivity contribution is 6.32. The summed E-state index contributed by atoms with van der Waals surface area (Å²) in [6, 6.07) is 8.94. The van der Waals surface area contributed by atoms with E-state index in [0.717, 1.165) is 0 Å². The zero-order valence-electron chi connectivity index (χ0n) is 12.1. The van der Waals surface area contributed by atoms with Gasteiger partial charge >= 0.3 is 0 Å². The number of fused-ring (bicyclic) bond motifs is 1. The molecule has 0 saturated heterocycles. The standard InChI is InChI=1S/C15H10ClN3O5/c16-11-3-1-9(5-12(11)19(21)22)7-17-18-15(20)10-2-4-13-14(6-10)24-8-23-13/h1-7H,8H2,(H,18,20)/b17-7+. The zero-order chi connectivity index (χ0) is 17.1. The number of nitrogens with one attached hydrogen (secondary N) is 1. The molecular formula is C15H10ClN3O5. The molecule has 0 radical (unpaired) electrons. The van der Waals surface area contributed by atoms with Gasteiger partial charge in [0, 0.05) is 17.2 Å². The Kier molecular flexibility index (Phi) is 4.30. The fraction of sp³-hybridized carbons (Fsp3) is 0.0667. The molecule has 1 aliphatic heterocycles. The van der Waals surface area contributed by atoms with E-state index in [9.17, 15) is 14.9 Å². The largest absolute Gasteiger partial charge is 0.454 e. The highest BCUT2D eigenvalue weighted by Crippen LogP contribution is 2.32. The lowest BCUT2D eigenvalue weighted by molar-refractivity contribution is -0.384. The highest BCUT2D eigenvalue weighted by atomic mass is 35.5. The molecule has 0 aliphatic carbocycles. The molecule has 1 aliphatic rings. The van der Waals surface area contributed by atoms with Crippen LogP contribution in [0.4, 0.5) is 5.69 Å². The Labute approximate surface area is 140 Å². The van der Waals surface area contributed by atoms with E-state index in [2.05, 4.69) is 10.5 Å². The number of hydrazone groups is 1. The van der Waals surface area contributed by atoms with Crippen LogP contribution in [0.1, 0.15) is 15.9 Å². The number of ether oxygens (including phenoxy) is 2. The van der Waals surface area contributed by atoms with Gasteiger partial charge in [0.15, 0.2) is 11.5 Å². The number of halogens is 1. The lowest BCUT2D eigenvalue weighted by Gasteiger charge is -2.01. The molecular weight excluding hydrogens is 338 g/mol. The normalized spacial score (nSPS) is 12.4. The summed E-state index contributed by atoms with van der Waals surface area (Å²) in [6.45, 7) is 0.119. The Hall–Kier alpha value is -3.13. The highest BCUT2D eigenvalue weighted by Gasteiger charge is 2.16. The Balaban J connectivity index is 1.69. The third-order valence-electron chi connectivity index (χ3n) is 3.18. The van der Waals surface area contributed by atoms with Crippen molar-refractivity contribution in [3.05, 3.63) is 62.7 Å². The van der Waals surface area contributed by atoms with Crippen molar-refractivity contribution in [1.82, 2.24) is 5.43 Å². The third kappa shape index (κ3) is 3.28. The predicted molar refractivity (Wildman–Crippen MR) is 85.7 cm³/mol. The van der Waals surface area contributed by atoms with Gasteiger partial charge in [-0.2, -0.15) is 5.10 Å². The average molecular weight is 348 g/mol. The van der Waals surface area contributed by atoms with E-state index in [1.165, 1.54) is 18.3 Å².